The highest BCUT2D eigenvalue weighted by Crippen LogP contribution is 2.17. The van der Waals surface area contributed by atoms with Crippen LogP contribution in [0.15, 0.2) is 18.5 Å². The summed E-state index contributed by atoms with van der Waals surface area (Å²) < 4.78 is 7.43. The average Bonchev–Trinajstić information content (AvgIpc) is 3.28. The fourth-order valence-corrected chi connectivity index (χ4v) is 3.81. The van der Waals surface area contributed by atoms with Crippen molar-refractivity contribution in [2.75, 3.05) is 26.2 Å². The summed E-state index contributed by atoms with van der Waals surface area (Å²) in [5, 5.41) is 7.39. The van der Waals surface area contributed by atoms with Crippen molar-refractivity contribution in [2.45, 2.75) is 44.8 Å². The Morgan fingerprint density at radius 3 is 2.96 bits per heavy atom. The Hall–Kier alpha value is -1.99. The van der Waals surface area contributed by atoms with Crippen molar-refractivity contribution < 1.29 is 9.53 Å². The summed E-state index contributed by atoms with van der Waals surface area (Å²) in [4.78, 5) is 19.4. The molecular formula is C18H25N5O2. The number of carbonyl (C=O) groups excluding carboxylic acids is 1. The second-order valence-electron chi connectivity index (χ2n) is 7.04. The van der Waals surface area contributed by atoms with Gasteiger partial charge in [-0.1, -0.05) is 0 Å². The van der Waals surface area contributed by atoms with E-state index in [1.165, 1.54) is 12.8 Å². The van der Waals surface area contributed by atoms with Gasteiger partial charge in [0, 0.05) is 44.5 Å². The number of hydrogen-bond donors (Lipinski definition) is 1. The molecule has 2 fully saturated rings. The molecular weight excluding hydrogens is 318 g/mol. The number of nitrogens with one attached hydrogen (secondary N) is 1. The Bertz CT molecular complexity index is 745. The number of aryl methyl sites for hydroxylation is 1. The summed E-state index contributed by atoms with van der Waals surface area (Å²) in [7, 11) is 0. The van der Waals surface area contributed by atoms with Gasteiger partial charge >= 0.3 is 0 Å². The van der Waals surface area contributed by atoms with Crippen molar-refractivity contribution in [1.29, 1.82) is 0 Å². The second-order valence-corrected chi connectivity index (χ2v) is 7.04. The van der Waals surface area contributed by atoms with Crippen LogP contribution in [0.2, 0.25) is 0 Å². The first-order valence-corrected chi connectivity index (χ1v) is 9.15. The van der Waals surface area contributed by atoms with E-state index in [1.807, 2.05) is 13.0 Å². The third kappa shape index (κ3) is 3.52. The molecule has 2 saturated heterocycles. The van der Waals surface area contributed by atoms with Crippen LogP contribution in [-0.4, -0.2) is 63.8 Å². The maximum atomic E-state index is 12.6. The zero-order valence-electron chi connectivity index (χ0n) is 14.6. The fourth-order valence-electron chi connectivity index (χ4n) is 3.81. The van der Waals surface area contributed by atoms with Gasteiger partial charge in [-0.15, -0.1) is 0 Å². The maximum Gasteiger partial charge on any atom is 0.254 e. The number of fused-ring (bicyclic) bond motifs is 1. The van der Waals surface area contributed by atoms with Crippen molar-refractivity contribution in [3.63, 3.8) is 0 Å². The van der Waals surface area contributed by atoms with Gasteiger partial charge in [-0.25, -0.2) is 9.50 Å². The Morgan fingerprint density at radius 2 is 2.20 bits per heavy atom. The van der Waals surface area contributed by atoms with Crippen molar-refractivity contribution >= 4 is 11.6 Å². The summed E-state index contributed by atoms with van der Waals surface area (Å²) in [5.41, 5.74) is 2.18. The van der Waals surface area contributed by atoms with Crippen LogP contribution in [0, 0.1) is 6.92 Å². The van der Waals surface area contributed by atoms with Gasteiger partial charge in [0.2, 0.25) is 0 Å². The number of likely N-dealkylation sites (tertiary alicyclic amines) is 1. The topological polar surface area (TPSA) is 71.8 Å². The largest absolute Gasteiger partial charge is 0.377 e. The Kier molecular flexibility index (Phi) is 4.67. The lowest BCUT2D eigenvalue weighted by Crippen LogP contribution is -2.46. The lowest BCUT2D eigenvalue weighted by atomic mass is 10.0. The van der Waals surface area contributed by atoms with Gasteiger partial charge in [0.25, 0.3) is 5.91 Å². The number of piperidine rings is 1. The van der Waals surface area contributed by atoms with Gasteiger partial charge in [0.1, 0.15) is 0 Å². The van der Waals surface area contributed by atoms with E-state index in [9.17, 15) is 4.79 Å². The van der Waals surface area contributed by atoms with E-state index in [0.717, 1.165) is 50.4 Å². The van der Waals surface area contributed by atoms with Gasteiger partial charge in [-0.2, -0.15) is 5.10 Å². The molecule has 0 spiro atoms. The molecule has 7 heteroatoms. The number of aromatic nitrogens is 3. The highest BCUT2D eigenvalue weighted by Gasteiger charge is 2.25. The lowest BCUT2D eigenvalue weighted by Gasteiger charge is -2.33. The predicted molar refractivity (Wildman–Crippen MR) is 93.6 cm³/mol. The zero-order valence-corrected chi connectivity index (χ0v) is 14.6. The van der Waals surface area contributed by atoms with Crippen molar-refractivity contribution in [3.8, 4) is 0 Å². The van der Waals surface area contributed by atoms with E-state index in [0.29, 0.717) is 11.7 Å². The molecule has 25 heavy (non-hydrogen) atoms. The second kappa shape index (κ2) is 7.09. The van der Waals surface area contributed by atoms with E-state index < -0.39 is 0 Å². The first-order valence-electron chi connectivity index (χ1n) is 9.15. The molecule has 1 atom stereocenters. The van der Waals surface area contributed by atoms with Crippen LogP contribution >= 0.6 is 0 Å². The van der Waals surface area contributed by atoms with Crippen LogP contribution in [0.25, 0.3) is 5.65 Å². The molecule has 2 aromatic rings. The minimum absolute atomic E-state index is 0.0556. The van der Waals surface area contributed by atoms with E-state index in [2.05, 4.69) is 20.3 Å². The van der Waals surface area contributed by atoms with Gasteiger partial charge in [-0.05, 0) is 32.6 Å². The van der Waals surface area contributed by atoms with E-state index in [4.69, 9.17) is 4.74 Å². The summed E-state index contributed by atoms with van der Waals surface area (Å²) in [6.45, 7) is 5.87. The molecule has 0 aliphatic carbocycles. The Morgan fingerprint density at radius 1 is 1.36 bits per heavy atom. The molecule has 0 aromatic carbocycles. The molecule has 2 aromatic heterocycles. The standard InChI is InChI=1S/C18H25N5O2/c1-13-16(11-19-17-4-7-20-23(13)17)18(24)21-14-5-8-22(9-6-14)12-15-3-2-10-25-15/h4,7,11,14-15H,2-3,5-6,8-10,12H2,1H3,(H,21,24)/t15-/m1/s1. The lowest BCUT2D eigenvalue weighted by molar-refractivity contribution is 0.0612. The molecule has 1 amide bonds. The minimum atomic E-state index is -0.0556. The SMILES string of the molecule is Cc1c(C(=O)NC2CCN(C[C@H]3CCCO3)CC2)cnc2ccnn12. The van der Waals surface area contributed by atoms with Crippen molar-refractivity contribution in [2.24, 2.45) is 0 Å². The molecule has 4 heterocycles. The highest BCUT2D eigenvalue weighted by atomic mass is 16.5. The normalized spacial score (nSPS) is 22.5. The number of nitrogens with zero attached hydrogens (tertiary/aromatic N) is 4. The summed E-state index contributed by atoms with van der Waals surface area (Å²) >= 11 is 0. The third-order valence-corrected chi connectivity index (χ3v) is 5.31. The van der Waals surface area contributed by atoms with Gasteiger partial charge in [-0.3, -0.25) is 4.79 Å². The molecule has 0 unspecified atom stereocenters. The van der Waals surface area contributed by atoms with Crippen LogP contribution < -0.4 is 5.32 Å². The number of rotatable bonds is 4. The number of hydrogen-bond acceptors (Lipinski definition) is 5. The molecule has 1 N–H and O–H groups in total. The van der Waals surface area contributed by atoms with Crippen LogP contribution in [0.1, 0.15) is 41.7 Å². The molecule has 2 aliphatic heterocycles. The monoisotopic (exact) mass is 343 g/mol. The first-order chi connectivity index (χ1) is 12.2. The smallest absolute Gasteiger partial charge is 0.254 e. The number of amides is 1. The number of ether oxygens (including phenoxy) is 1. The molecule has 0 radical (unpaired) electrons. The number of carbonyl (C=O) groups is 1. The highest BCUT2D eigenvalue weighted by molar-refractivity contribution is 5.95. The molecule has 134 valence electrons. The van der Waals surface area contributed by atoms with Gasteiger partial charge in [0.15, 0.2) is 5.65 Å². The predicted octanol–water partition coefficient (Wildman–Crippen LogP) is 1.41. The molecule has 0 bridgehead atoms. The molecule has 7 nitrogen and oxygen atoms in total. The minimum Gasteiger partial charge on any atom is -0.377 e. The van der Waals surface area contributed by atoms with E-state index >= 15 is 0 Å². The fraction of sp³-hybridized carbons (Fsp3) is 0.611. The van der Waals surface area contributed by atoms with Crippen molar-refractivity contribution in [1.82, 2.24) is 24.8 Å². The summed E-state index contributed by atoms with van der Waals surface area (Å²) in [6.07, 6.45) is 8.07. The molecule has 0 saturated carbocycles. The zero-order chi connectivity index (χ0) is 17.2. The van der Waals surface area contributed by atoms with Gasteiger partial charge < -0.3 is 15.0 Å². The van der Waals surface area contributed by atoms with Crippen molar-refractivity contribution in [3.05, 3.63) is 29.7 Å². The van der Waals surface area contributed by atoms with Crippen LogP contribution in [0.5, 0.6) is 0 Å². The Labute approximate surface area is 147 Å². The summed E-state index contributed by atoms with van der Waals surface area (Å²) in [5.74, 6) is -0.0556. The van der Waals surface area contributed by atoms with E-state index in [-0.39, 0.29) is 11.9 Å². The first kappa shape index (κ1) is 16.5. The average molecular weight is 343 g/mol. The van der Waals surface area contributed by atoms with Crippen LogP contribution in [-0.2, 0) is 4.74 Å². The molecule has 4 rings (SSSR count). The third-order valence-electron chi connectivity index (χ3n) is 5.31. The quantitative estimate of drug-likeness (QED) is 0.909. The van der Waals surface area contributed by atoms with Gasteiger partial charge in [0.05, 0.1) is 23.6 Å². The maximum absolute atomic E-state index is 12.6. The van der Waals surface area contributed by atoms with E-state index in [1.54, 1.807) is 16.9 Å². The Balaban J connectivity index is 1.33. The van der Waals surface area contributed by atoms with Crippen LogP contribution in [0.4, 0.5) is 0 Å². The van der Waals surface area contributed by atoms with Crippen LogP contribution in [0.3, 0.4) is 0 Å². The molecule has 2 aliphatic rings. The summed E-state index contributed by atoms with van der Waals surface area (Å²) in [6, 6.07) is 2.05.